The molecule has 0 heterocycles. The van der Waals surface area contributed by atoms with Crippen LogP contribution in [0.25, 0.3) is 0 Å². The van der Waals surface area contributed by atoms with E-state index in [1.165, 1.54) is 0 Å². The maximum absolute atomic E-state index is 5.28. The molecule has 0 bridgehead atoms. The van der Waals surface area contributed by atoms with Gasteiger partial charge in [0.2, 0.25) is 0 Å². The number of benzene rings is 1. The van der Waals surface area contributed by atoms with Crippen LogP contribution in [0.3, 0.4) is 0 Å². The summed E-state index contributed by atoms with van der Waals surface area (Å²) in [6.45, 7) is 1.59. The molecule has 0 saturated carbocycles. The van der Waals surface area contributed by atoms with Crippen LogP contribution in [0.1, 0.15) is 6.42 Å². The normalized spacial score (nSPS) is 9.88. The highest BCUT2D eigenvalue weighted by atomic mass is 32.1. The molecule has 1 aromatic rings. The minimum atomic E-state index is 0.738. The fraction of sp³-hybridized carbons (Fsp3) is 0.417. The number of nitrogens with one attached hydrogen (secondary N) is 1. The second-order valence-corrected chi connectivity index (χ2v) is 3.86. The van der Waals surface area contributed by atoms with Crippen molar-refractivity contribution in [2.75, 3.05) is 32.2 Å². The smallest absolute Gasteiger partial charge is 0.173 e. The van der Waals surface area contributed by atoms with Gasteiger partial charge in [-0.15, -0.1) is 0 Å². The molecule has 1 aromatic carbocycles. The van der Waals surface area contributed by atoms with Crippen molar-refractivity contribution in [3.8, 4) is 0 Å². The van der Waals surface area contributed by atoms with E-state index in [9.17, 15) is 0 Å². The van der Waals surface area contributed by atoms with E-state index in [-0.39, 0.29) is 0 Å². The highest BCUT2D eigenvalue weighted by molar-refractivity contribution is 7.80. The van der Waals surface area contributed by atoms with Gasteiger partial charge in [0.1, 0.15) is 0 Å². The number of para-hydroxylation sites is 1. The predicted molar refractivity (Wildman–Crippen MR) is 71.9 cm³/mol. The molecule has 0 amide bonds. The van der Waals surface area contributed by atoms with Gasteiger partial charge in [-0.3, -0.25) is 0 Å². The largest absolute Gasteiger partial charge is 0.385 e. The number of hydrogen-bond acceptors (Lipinski definition) is 2. The van der Waals surface area contributed by atoms with E-state index in [0.29, 0.717) is 0 Å². The van der Waals surface area contributed by atoms with E-state index in [1.54, 1.807) is 7.11 Å². The number of nitrogens with zero attached hydrogens (tertiary/aromatic N) is 1. The third-order valence-corrected chi connectivity index (χ3v) is 2.67. The summed E-state index contributed by atoms with van der Waals surface area (Å²) in [7, 11) is 3.66. The zero-order chi connectivity index (χ0) is 11.8. The molecule has 3 nitrogen and oxygen atoms in total. The SMILES string of the molecule is COCCCNC(=S)N(C)c1ccccc1. The van der Waals surface area contributed by atoms with Gasteiger partial charge in [0.05, 0.1) is 0 Å². The molecular formula is C12H18N2OS. The Kier molecular flexibility index (Phi) is 5.82. The van der Waals surface area contributed by atoms with Crippen LogP contribution in [0, 0.1) is 0 Å². The standard InChI is InChI=1S/C12H18N2OS/c1-14(11-7-4-3-5-8-11)12(16)13-9-6-10-15-2/h3-5,7-8H,6,9-10H2,1-2H3,(H,13,16). The molecule has 88 valence electrons. The van der Waals surface area contributed by atoms with Gasteiger partial charge in [-0.1, -0.05) is 18.2 Å². The molecule has 0 radical (unpaired) electrons. The Morgan fingerprint density at radius 3 is 2.69 bits per heavy atom. The molecule has 16 heavy (non-hydrogen) atoms. The van der Waals surface area contributed by atoms with Crippen molar-refractivity contribution in [1.82, 2.24) is 5.32 Å². The summed E-state index contributed by atoms with van der Waals surface area (Å²) >= 11 is 5.28. The maximum atomic E-state index is 5.28. The van der Waals surface area contributed by atoms with Crippen LogP contribution in [-0.4, -0.2) is 32.4 Å². The van der Waals surface area contributed by atoms with Crippen molar-refractivity contribution in [2.45, 2.75) is 6.42 Å². The number of methoxy groups -OCH3 is 1. The molecule has 0 saturated heterocycles. The van der Waals surface area contributed by atoms with Gasteiger partial charge in [0.25, 0.3) is 0 Å². The molecule has 0 fully saturated rings. The van der Waals surface area contributed by atoms with Crippen LogP contribution >= 0.6 is 12.2 Å². The van der Waals surface area contributed by atoms with Crippen molar-refractivity contribution in [3.63, 3.8) is 0 Å². The van der Waals surface area contributed by atoms with Gasteiger partial charge < -0.3 is 15.0 Å². The highest BCUT2D eigenvalue weighted by Gasteiger charge is 2.04. The van der Waals surface area contributed by atoms with Crippen LogP contribution in [0.5, 0.6) is 0 Å². The zero-order valence-electron chi connectivity index (χ0n) is 9.77. The van der Waals surface area contributed by atoms with E-state index in [0.717, 1.165) is 30.4 Å². The van der Waals surface area contributed by atoms with Crippen molar-refractivity contribution in [3.05, 3.63) is 30.3 Å². The summed E-state index contributed by atoms with van der Waals surface area (Å²) < 4.78 is 4.97. The molecule has 0 spiro atoms. The van der Waals surface area contributed by atoms with Crippen molar-refractivity contribution in [2.24, 2.45) is 0 Å². The molecule has 1 N–H and O–H groups in total. The number of anilines is 1. The summed E-state index contributed by atoms with van der Waals surface area (Å²) in [5, 5.41) is 3.93. The van der Waals surface area contributed by atoms with E-state index >= 15 is 0 Å². The van der Waals surface area contributed by atoms with Crippen molar-refractivity contribution < 1.29 is 4.74 Å². The minimum absolute atomic E-state index is 0.738. The zero-order valence-corrected chi connectivity index (χ0v) is 10.6. The lowest BCUT2D eigenvalue weighted by atomic mass is 10.3. The molecule has 0 atom stereocenters. The Bertz CT molecular complexity index is 316. The summed E-state index contributed by atoms with van der Waals surface area (Å²) in [5.41, 5.74) is 1.09. The van der Waals surface area contributed by atoms with Crippen LogP contribution in [0.2, 0.25) is 0 Å². The van der Waals surface area contributed by atoms with E-state index in [4.69, 9.17) is 17.0 Å². The Balaban J connectivity index is 2.37. The molecule has 4 heteroatoms. The molecule has 0 aromatic heterocycles. The van der Waals surface area contributed by atoms with E-state index in [1.807, 2.05) is 42.3 Å². The van der Waals surface area contributed by atoms with Gasteiger partial charge in [0.15, 0.2) is 5.11 Å². The van der Waals surface area contributed by atoms with Gasteiger partial charge in [0, 0.05) is 33.0 Å². The molecule has 0 aliphatic carbocycles. The second-order valence-electron chi connectivity index (χ2n) is 3.47. The summed E-state index contributed by atoms with van der Waals surface area (Å²) in [6.07, 6.45) is 0.958. The minimum Gasteiger partial charge on any atom is -0.385 e. The van der Waals surface area contributed by atoms with E-state index in [2.05, 4.69) is 5.32 Å². The average molecular weight is 238 g/mol. The Labute approximate surface area is 102 Å². The van der Waals surface area contributed by atoms with Crippen molar-refractivity contribution >= 4 is 23.0 Å². The second kappa shape index (κ2) is 7.19. The van der Waals surface area contributed by atoms with Crippen LogP contribution < -0.4 is 10.2 Å². The van der Waals surface area contributed by atoms with Crippen LogP contribution in [0.4, 0.5) is 5.69 Å². The third-order valence-electron chi connectivity index (χ3n) is 2.25. The molecule has 1 rings (SSSR count). The lowest BCUT2D eigenvalue weighted by Crippen LogP contribution is -2.37. The van der Waals surface area contributed by atoms with E-state index < -0.39 is 0 Å². The lowest BCUT2D eigenvalue weighted by molar-refractivity contribution is 0.195. The first kappa shape index (κ1) is 12.9. The van der Waals surface area contributed by atoms with Crippen LogP contribution in [-0.2, 0) is 4.74 Å². The number of ether oxygens (including phenoxy) is 1. The molecule has 0 aliphatic heterocycles. The number of thiocarbonyl (C=S) groups is 1. The molecular weight excluding hydrogens is 220 g/mol. The average Bonchev–Trinajstić information content (AvgIpc) is 2.34. The molecule has 0 unspecified atom stereocenters. The Hall–Kier alpha value is -1.13. The molecule has 0 aliphatic rings. The van der Waals surface area contributed by atoms with Gasteiger partial charge in [-0.25, -0.2) is 0 Å². The van der Waals surface area contributed by atoms with Gasteiger partial charge in [-0.2, -0.15) is 0 Å². The topological polar surface area (TPSA) is 24.5 Å². The number of hydrogen-bond donors (Lipinski definition) is 1. The first-order valence-corrected chi connectivity index (χ1v) is 5.72. The Morgan fingerprint density at radius 1 is 1.38 bits per heavy atom. The monoisotopic (exact) mass is 238 g/mol. The summed E-state index contributed by atoms with van der Waals surface area (Å²) in [4.78, 5) is 1.96. The maximum Gasteiger partial charge on any atom is 0.173 e. The van der Waals surface area contributed by atoms with Gasteiger partial charge >= 0.3 is 0 Å². The quantitative estimate of drug-likeness (QED) is 0.626. The van der Waals surface area contributed by atoms with Crippen LogP contribution in [0.15, 0.2) is 30.3 Å². The summed E-state index contributed by atoms with van der Waals surface area (Å²) in [6, 6.07) is 10.1. The first-order valence-electron chi connectivity index (χ1n) is 5.31. The Morgan fingerprint density at radius 2 is 2.06 bits per heavy atom. The predicted octanol–water partition coefficient (Wildman–Crippen LogP) is 2.03. The first-order chi connectivity index (χ1) is 7.75. The van der Waals surface area contributed by atoms with Crippen molar-refractivity contribution in [1.29, 1.82) is 0 Å². The fourth-order valence-electron chi connectivity index (χ4n) is 1.30. The summed E-state index contributed by atoms with van der Waals surface area (Å²) in [5.74, 6) is 0. The van der Waals surface area contributed by atoms with Gasteiger partial charge in [-0.05, 0) is 30.8 Å². The lowest BCUT2D eigenvalue weighted by Gasteiger charge is -2.20. The third kappa shape index (κ3) is 4.16. The highest BCUT2D eigenvalue weighted by Crippen LogP contribution is 2.10. The fourth-order valence-corrected chi connectivity index (χ4v) is 1.51. The number of rotatable bonds is 5.